The highest BCUT2D eigenvalue weighted by Gasteiger charge is 2.04. The molecule has 0 unspecified atom stereocenters. The number of nitrogens with one attached hydrogen (secondary N) is 1. The molecule has 0 fully saturated rings. The molecular formula is C15H19FN2O. The summed E-state index contributed by atoms with van der Waals surface area (Å²) in [6.07, 6.45) is 4.12. The summed E-state index contributed by atoms with van der Waals surface area (Å²) in [6.45, 7) is 6.04. The summed E-state index contributed by atoms with van der Waals surface area (Å²) in [5.41, 5.74) is 1.93. The van der Waals surface area contributed by atoms with Gasteiger partial charge in [0.25, 0.3) is 0 Å². The van der Waals surface area contributed by atoms with Gasteiger partial charge < -0.3 is 14.6 Å². The summed E-state index contributed by atoms with van der Waals surface area (Å²) >= 11 is 0. The van der Waals surface area contributed by atoms with Crippen LogP contribution in [0.4, 0.5) is 10.1 Å². The molecule has 1 N–H and O–H groups in total. The van der Waals surface area contributed by atoms with Crippen molar-refractivity contribution in [3.8, 4) is 5.75 Å². The van der Waals surface area contributed by atoms with Crippen molar-refractivity contribution in [2.45, 2.75) is 26.9 Å². The molecule has 0 amide bonds. The quantitative estimate of drug-likeness (QED) is 0.860. The van der Waals surface area contributed by atoms with E-state index in [1.807, 2.05) is 19.2 Å². The molecule has 0 atom stereocenters. The van der Waals surface area contributed by atoms with Gasteiger partial charge in [-0.15, -0.1) is 0 Å². The zero-order valence-electron chi connectivity index (χ0n) is 11.3. The Labute approximate surface area is 113 Å². The molecule has 1 aromatic heterocycles. The van der Waals surface area contributed by atoms with E-state index >= 15 is 0 Å². The van der Waals surface area contributed by atoms with Crippen LogP contribution in [0, 0.1) is 5.82 Å². The average Bonchev–Trinajstić information content (AvgIpc) is 2.87. The molecule has 0 spiro atoms. The highest BCUT2D eigenvalue weighted by Crippen LogP contribution is 2.21. The van der Waals surface area contributed by atoms with E-state index in [0.717, 1.165) is 12.2 Å². The molecule has 0 saturated heterocycles. The standard InChI is InChI=1S/C15H19FN2O/c1-3-18-8-7-12(11-18)10-17-13-5-6-15(19-4-2)14(16)9-13/h5-9,11,17H,3-4,10H2,1-2H3. The lowest BCUT2D eigenvalue weighted by molar-refractivity contribution is 0.321. The number of hydrogen-bond donors (Lipinski definition) is 1. The second kappa shape index (κ2) is 6.27. The molecule has 2 aromatic rings. The van der Waals surface area contributed by atoms with E-state index in [9.17, 15) is 4.39 Å². The second-order valence-corrected chi connectivity index (χ2v) is 4.28. The van der Waals surface area contributed by atoms with Gasteiger partial charge in [0.15, 0.2) is 11.6 Å². The van der Waals surface area contributed by atoms with Gasteiger partial charge in [-0.2, -0.15) is 0 Å². The monoisotopic (exact) mass is 262 g/mol. The molecule has 0 saturated carbocycles. The maximum atomic E-state index is 13.7. The SMILES string of the molecule is CCOc1ccc(NCc2ccn(CC)c2)cc1F. The molecule has 1 aromatic carbocycles. The number of aromatic nitrogens is 1. The van der Waals surface area contributed by atoms with Gasteiger partial charge in [-0.3, -0.25) is 0 Å². The fourth-order valence-electron chi connectivity index (χ4n) is 1.88. The summed E-state index contributed by atoms with van der Waals surface area (Å²) < 4.78 is 20.9. The van der Waals surface area contributed by atoms with Gasteiger partial charge in [-0.05, 0) is 37.6 Å². The van der Waals surface area contributed by atoms with E-state index in [0.29, 0.717) is 18.9 Å². The topological polar surface area (TPSA) is 26.2 Å². The van der Waals surface area contributed by atoms with Crippen LogP contribution in [-0.2, 0) is 13.1 Å². The summed E-state index contributed by atoms with van der Waals surface area (Å²) in [7, 11) is 0. The Bertz CT molecular complexity index is 537. The fourth-order valence-corrected chi connectivity index (χ4v) is 1.88. The van der Waals surface area contributed by atoms with Gasteiger partial charge in [-0.1, -0.05) is 0 Å². The van der Waals surface area contributed by atoms with Crippen molar-refractivity contribution in [2.75, 3.05) is 11.9 Å². The molecule has 1 heterocycles. The molecule has 0 bridgehead atoms. The first-order chi connectivity index (χ1) is 9.22. The van der Waals surface area contributed by atoms with Crippen LogP contribution in [0.5, 0.6) is 5.75 Å². The van der Waals surface area contributed by atoms with Crippen LogP contribution >= 0.6 is 0 Å². The van der Waals surface area contributed by atoms with Crippen molar-refractivity contribution in [3.05, 3.63) is 48.0 Å². The number of benzene rings is 1. The van der Waals surface area contributed by atoms with Crippen LogP contribution in [0.3, 0.4) is 0 Å². The number of nitrogens with zero attached hydrogens (tertiary/aromatic N) is 1. The first-order valence-corrected chi connectivity index (χ1v) is 6.53. The molecule has 0 radical (unpaired) electrons. The predicted molar refractivity (Wildman–Crippen MR) is 75.0 cm³/mol. The molecule has 2 rings (SSSR count). The molecule has 0 aliphatic rings. The minimum Gasteiger partial charge on any atom is -0.491 e. The zero-order chi connectivity index (χ0) is 13.7. The Kier molecular flexibility index (Phi) is 4.44. The van der Waals surface area contributed by atoms with Crippen LogP contribution in [0.15, 0.2) is 36.7 Å². The minimum atomic E-state index is -0.335. The van der Waals surface area contributed by atoms with Crippen molar-refractivity contribution >= 4 is 5.69 Å². The maximum absolute atomic E-state index is 13.7. The predicted octanol–water partition coefficient (Wildman–Crippen LogP) is 3.66. The number of rotatable bonds is 6. The van der Waals surface area contributed by atoms with Gasteiger partial charge >= 0.3 is 0 Å². The molecule has 102 valence electrons. The van der Waals surface area contributed by atoms with Crippen LogP contribution in [0.1, 0.15) is 19.4 Å². The molecule has 4 heteroatoms. The summed E-state index contributed by atoms with van der Waals surface area (Å²) in [5.74, 6) is -0.0387. The van der Waals surface area contributed by atoms with Gasteiger partial charge in [-0.25, -0.2) is 4.39 Å². The van der Waals surface area contributed by atoms with Gasteiger partial charge in [0.05, 0.1) is 6.61 Å². The third-order valence-electron chi connectivity index (χ3n) is 2.91. The van der Waals surface area contributed by atoms with Crippen LogP contribution in [0.2, 0.25) is 0 Å². The van der Waals surface area contributed by atoms with Crippen molar-refractivity contribution in [1.82, 2.24) is 4.57 Å². The van der Waals surface area contributed by atoms with E-state index in [4.69, 9.17) is 4.74 Å². The average molecular weight is 262 g/mol. The van der Waals surface area contributed by atoms with Gasteiger partial charge in [0, 0.05) is 37.2 Å². The van der Waals surface area contributed by atoms with Crippen molar-refractivity contribution in [3.63, 3.8) is 0 Å². The van der Waals surface area contributed by atoms with E-state index in [1.54, 1.807) is 6.07 Å². The summed E-state index contributed by atoms with van der Waals surface area (Å²) in [4.78, 5) is 0. The molecule has 0 aliphatic carbocycles. The highest BCUT2D eigenvalue weighted by molar-refractivity contribution is 5.47. The largest absolute Gasteiger partial charge is 0.491 e. The Balaban J connectivity index is 1.97. The number of hydrogen-bond acceptors (Lipinski definition) is 2. The minimum absolute atomic E-state index is 0.296. The summed E-state index contributed by atoms with van der Waals surface area (Å²) in [6, 6.07) is 6.99. The van der Waals surface area contributed by atoms with E-state index < -0.39 is 0 Å². The Morgan fingerprint density at radius 3 is 2.74 bits per heavy atom. The number of ether oxygens (including phenoxy) is 1. The zero-order valence-corrected chi connectivity index (χ0v) is 11.3. The third kappa shape index (κ3) is 3.50. The summed E-state index contributed by atoms with van der Waals surface area (Å²) in [5, 5.41) is 3.20. The lowest BCUT2D eigenvalue weighted by Crippen LogP contribution is -2.00. The van der Waals surface area contributed by atoms with E-state index in [2.05, 4.69) is 29.1 Å². The van der Waals surface area contributed by atoms with Crippen LogP contribution in [-0.4, -0.2) is 11.2 Å². The van der Waals surface area contributed by atoms with Crippen molar-refractivity contribution in [1.29, 1.82) is 0 Å². The normalized spacial score (nSPS) is 10.5. The second-order valence-electron chi connectivity index (χ2n) is 4.28. The highest BCUT2D eigenvalue weighted by atomic mass is 19.1. The molecule has 0 aliphatic heterocycles. The molecule has 3 nitrogen and oxygen atoms in total. The lowest BCUT2D eigenvalue weighted by atomic mass is 10.2. The maximum Gasteiger partial charge on any atom is 0.167 e. The number of halogens is 1. The van der Waals surface area contributed by atoms with Gasteiger partial charge in [0.2, 0.25) is 0 Å². The Hall–Kier alpha value is -1.97. The number of aryl methyl sites for hydroxylation is 1. The Morgan fingerprint density at radius 1 is 1.26 bits per heavy atom. The Morgan fingerprint density at radius 2 is 2.11 bits per heavy atom. The first kappa shape index (κ1) is 13.5. The molecular weight excluding hydrogens is 243 g/mol. The smallest absolute Gasteiger partial charge is 0.167 e. The van der Waals surface area contributed by atoms with Crippen LogP contribution in [0.25, 0.3) is 0 Å². The first-order valence-electron chi connectivity index (χ1n) is 6.53. The molecule has 19 heavy (non-hydrogen) atoms. The lowest BCUT2D eigenvalue weighted by Gasteiger charge is -2.08. The number of anilines is 1. The van der Waals surface area contributed by atoms with Crippen molar-refractivity contribution in [2.24, 2.45) is 0 Å². The van der Waals surface area contributed by atoms with Crippen molar-refractivity contribution < 1.29 is 9.13 Å². The van der Waals surface area contributed by atoms with Crippen LogP contribution < -0.4 is 10.1 Å². The fraction of sp³-hybridized carbons (Fsp3) is 0.333. The van der Waals surface area contributed by atoms with E-state index in [-0.39, 0.29) is 5.82 Å². The van der Waals surface area contributed by atoms with E-state index in [1.165, 1.54) is 11.6 Å². The third-order valence-corrected chi connectivity index (χ3v) is 2.91. The van der Waals surface area contributed by atoms with Gasteiger partial charge in [0.1, 0.15) is 0 Å².